The van der Waals surface area contributed by atoms with Gasteiger partial charge in [-0.15, -0.1) is 26.3 Å². The second-order valence-corrected chi connectivity index (χ2v) is 9.61. The van der Waals surface area contributed by atoms with Crippen molar-refractivity contribution in [1.82, 2.24) is 10.6 Å². The number of amides is 2. The van der Waals surface area contributed by atoms with E-state index < -0.39 is 60.6 Å². The molecule has 2 N–H and O–H groups in total. The van der Waals surface area contributed by atoms with Crippen LogP contribution in [0.15, 0.2) is 78.9 Å². The fraction of sp³-hybridized carbons (Fsp3) is 0.321. The van der Waals surface area contributed by atoms with Gasteiger partial charge in [0.15, 0.2) is 0 Å². The van der Waals surface area contributed by atoms with Gasteiger partial charge in [-0.3, -0.25) is 0 Å². The Morgan fingerprint density at radius 2 is 1.34 bits per heavy atom. The molecule has 4 rings (SSSR count). The van der Waals surface area contributed by atoms with Gasteiger partial charge in [0.1, 0.15) is 11.5 Å². The first kappa shape index (κ1) is 29.9. The van der Waals surface area contributed by atoms with Crippen LogP contribution in [0.25, 0.3) is 0 Å². The largest absolute Gasteiger partial charge is 0.573 e. The lowest BCUT2D eigenvalue weighted by molar-refractivity contribution is -0.275. The number of benzene rings is 3. The molecule has 1 saturated carbocycles. The lowest BCUT2D eigenvalue weighted by Gasteiger charge is -2.37. The molecule has 0 heterocycles. The number of alkyl halides is 8. The van der Waals surface area contributed by atoms with Crippen LogP contribution >= 0.6 is 0 Å². The maximum Gasteiger partial charge on any atom is 0.573 e. The molecule has 1 aliphatic carbocycles. The molecule has 5 nitrogen and oxygen atoms in total. The van der Waals surface area contributed by atoms with E-state index in [-0.39, 0.29) is 24.0 Å². The van der Waals surface area contributed by atoms with Gasteiger partial charge in [-0.2, -0.15) is 0 Å². The highest BCUT2D eigenvalue weighted by Crippen LogP contribution is 2.39. The summed E-state index contributed by atoms with van der Waals surface area (Å²) in [5.74, 6) is -4.27. The molecule has 0 aromatic heterocycles. The van der Waals surface area contributed by atoms with Crippen molar-refractivity contribution in [2.45, 2.75) is 55.9 Å². The third kappa shape index (κ3) is 8.24. The summed E-state index contributed by atoms with van der Waals surface area (Å²) in [4.78, 5) is 13.3. The minimum Gasteiger partial charge on any atom is -0.406 e. The quantitative estimate of drug-likeness (QED) is 0.269. The molecular formula is C28H24F8N2O3. The van der Waals surface area contributed by atoms with Crippen LogP contribution in [0.2, 0.25) is 0 Å². The van der Waals surface area contributed by atoms with Gasteiger partial charge in [0, 0.05) is 25.3 Å². The number of carbonyl (C=O) groups is 1. The maximum absolute atomic E-state index is 13.8. The van der Waals surface area contributed by atoms with Gasteiger partial charge in [-0.25, -0.2) is 13.6 Å². The number of ether oxygens (including phenoxy) is 2. The van der Waals surface area contributed by atoms with Crippen LogP contribution in [0.1, 0.15) is 36.0 Å². The minimum atomic E-state index is -5.06. The van der Waals surface area contributed by atoms with Crippen molar-refractivity contribution in [2.75, 3.05) is 0 Å². The topological polar surface area (TPSA) is 59.6 Å². The van der Waals surface area contributed by atoms with E-state index in [2.05, 4.69) is 20.1 Å². The van der Waals surface area contributed by atoms with Crippen molar-refractivity contribution in [2.24, 2.45) is 0 Å². The summed E-state index contributed by atoms with van der Waals surface area (Å²) < 4.78 is 114. The van der Waals surface area contributed by atoms with Crippen molar-refractivity contribution < 1.29 is 49.4 Å². The summed E-state index contributed by atoms with van der Waals surface area (Å²) in [5, 5.41) is 5.15. The number of urea groups is 1. The van der Waals surface area contributed by atoms with E-state index >= 15 is 0 Å². The normalized spacial score (nSPS) is 17.1. The molecule has 3 aromatic carbocycles. The molecule has 0 spiro atoms. The first-order valence-corrected chi connectivity index (χ1v) is 12.4. The van der Waals surface area contributed by atoms with Crippen LogP contribution in [0.4, 0.5) is 39.9 Å². The second kappa shape index (κ2) is 11.5. The Morgan fingerprint density at radius 3 is 1.80 bits per heavy atom. The maximum atomic E-state index is 13.8. The van der Waals surface area contributed by atoms with Crippen molar-refractivity contribution in [3.05, 3.63) is 95.6 Å². The molecule has 3 aromatic rings. The highest BCUT2D eigenvalue weighted by molar-refractivity contribution is 5.76. The fourth-order valence-corrected chi connectivity index (χ4v) is 4.87. The SMILES string of the molecule is O=C(N[C@H]1CCC(F)(F)C1)NC(Cc1ccccc1)(c1cccc(OC(F)(F)F)c1)c1cccc(OC(F)(F)F)c1. The van der Waals surface area contributed by atoms with E-state index in [1.165, 1.54) is 24.3 Å². The van der Waals surface area contributed by atoms with E-state index in [1.54, 1.807) is 30.3 Å². The number of hydrogen-bond acceptors (Lipinski definition) is 3. The zero-order chi connectivity index (χ0) is 29.9. The minimum absolute atomic E-state index is 0.0131. The third-order valence-electron chi connectivity index (χ3n) is 6.50. The average Bonchev–Trinajstić information content (AvgIpc) is 3.20. The Morgan fingerprint density at radius 1 is 0.805 bits per heavy atom. The van der Waals surface area contributed by atoms with Crippen molar-refractivity contribution >= 4 is 6.03 Å². The lowest BCUT2D eigenvalue weighted by atomic mass is 9.77. The molecule has 0 bridgehead atoms. The molecular weight excluding hydrogens is 564 g/mol. The van der Waals surface area contributed by atoms with Crippen LogP contribution in [-0.2, 0) is 12.0 Å². The first-order chi connectivity index (χ1) is 19.1. The van der Waals surface area contributed by atoms with Crippen LogP contribution < -0.4 is 20.1 Å². The summed E-state index contributed by atoms with van der Waals surface area (Å²) in [6, 6.07) is 15.7. The molecule has 41 heavy (non-hydrogen) atoms. The van der Waals surface area contributed by atoms with Gasteiger partial charge in [0.2, 0.25) is 5.92 Å². The second-order valence-electron chi connectivity index (χ2n) is 9.61. The molecule has 1 aliphatic rings. The number of hydrogen-bond donors (Lipinski definition) is 2. The van der Waals surface area contributed by atoms with E-state index in [0.717, 1.165) is 24.3 Å². The van der Waals surface area contributed by atoms with Crippen LogP contribution in [0, 0.1) is 0 Å². The van der Waals surface area contributed by atoms with Crippen molar-refractivity contribution in [3.8, 4) is 11.5 Å². The Balaban J connectivity index is 1.85. The number of rotatable bonds is 8. The number of nitrogens with one attached hydrogen (secondary N) is 2. The molecule has 0 saturated heterocycles. The van der Waals surface area contributed by atoms with Crippen LogP contribution in [0.5, 0.6) is 11.5 Å². The summed E-state index contributed by atoms with van der Waals surface area (Å²) in [7, 11) is 0. The average molecular weight is 588 g/mol. The van der Waals surface area contributed by atoms with Crippen LogP contribution in [0.3, 0.4) is 0 Å². The van der Waals surface area contributed by atoms with E-state index in [4.69, 9.17) is 0 Å². The van der Waals surface area contributed by atoms with Gasteiger partial charge in [0.25, 0.3) is 0 Å². The highest BCUT2D eigenvalue weighted by atomic mass is 19.4. The monoisotopic (exact) mass is 588 g/mol. The molecule has 1 fully saturated rings. The van der Waals surface area contributed by atoms with Gasteiger partial charge < -0.3 is 20.1 Å². The lowest BCUT2D eigenvalue weighted by Crippen LogP contribution is -2.53. The predicted molar refractivity (Wildman–Crippen MR) is 131 cm³/mol. The van der Waals surface area contributed by atoms with Crippen molar-refractivity contribution in [1.29, 1.82) is 0 Å². The standard InChI is InChI=1S/C28H24F8N2O3/c29-25(30)13-12-21(17-25)37-24(39)38-26(16-18-6-2-1-3-7-18,19-8-4-10-22(14-19)40-27(31,32)33)20-9-5-11-23(15-20)41-28(34,35)36/h1-11,14-15,21H,12-13,16-17H2,(H2,37,38,39)/t21-/m0/s1. The smallest absolute Gasteiger partial charge is 0.406 e. The molecule has 220 valence electrons. The molecule has 2 amide bonds. The first-order valence-electron chi connectivity index (χ1n) is 12.4. The van der Waals surface area contributed by atoms with Gasteiger partial charge in [-0.1, -0.05) is 54.6 Å². The summed E-state index contributed by atoms with van der Waals surface area (Å²) in [6.07, 6.45) is -11.3. The number of halogens is 8. The van der Waals surface area contributed by atoms with Crippen molar-refractivity contribution in [3.63, 3.8) is 0 Å². The molecule has 0 unspecified atom stereocenters. The zero-order valence-corrected chi connectivity index (χ0v) is 21.2. The van der Waals surface area contributed by atoms with E-state index in [9.17, 15) is 39.9 Å². The van der Waals surface area contributed by atoms with Crippen LogP contribution in [-0.4, -0.2) is 30.7 Å². The van der Waals surface area contributed by atoms with Gasteiger partial charge in [0.05, 0.1) is 5.54 Å². The number of carbonyl (C=O) groups excluding carboxylic acids is 1. The highest BCUT2D eigenvalue weighted by Gasteiger charge is 2.42. The third-order valence-corrected chi connectivity index (χ3v) is 6.50. The van der Waals surface area contributed by atoms with E-state index in [0.29, 0.717) is 5.56 Å². The summed E-state index contributed by atoms with van der Waals surface area (Å²) in [5.41, 5.74) is -1.24. The van der Waals surface area contributed by atoms with E-state index in [1.807, 2.05) is 0 Å². The predicted octanol–water partition coefficient (Wildman–Crippen LogP) is 7.46. The molecule has 0 radical (unpaired) electrons. The summed E-state index contributed by atoms with van der Waals surface area (Å²) in [6.45, 7) is 0. The molecule has 13 heteroatoms. The van der Waals surface area contributed by atoms with Gasteiger partial charge in [-0.05, 0) is 47.4 Å². The Bertz CT molecular complexity index is 1290. The molecule has 1 atom stereocenters. The van der Waals surface area contributed by atoms with Gasteiger partial charge >= 0.3 is 18.8 Å². The molecule has 0 aliphatic heterocycles. The fourth-order valence-electron chi connectivity index (χ4n) is 4.87. The Kier molecular flexibility index (Phi) is 8.36. The Labute approximate surface area is 229 Å². The summed E-state index contributed by atoms with van der Waals surface area (Å²) >= 11 is 0. The zero-order valence-electron chi connectivity index (χ0n) is 21.2. The Hall–Kier alpha value is -4.03.